The van der Waals surface area contributed by atoms with E-state index in [1.165, 1.54) is 6.07 Å². The molecule has 144 valence electrons. The summed E-state index contributed by atoms with van der Waals surface area (Å²) in [6, 6.07) is 14.5. The molecule has 1 aromatic heterocycles. The molecule has 1 atom stereocenters. The van der Waals surface area contributed by atoms with Gasteiger partial charge in [-0.05, 0) is 31.2 Å². The zero-order valence-electron chi connectivity index (χ0n) is 16.1. The van der Waals surface area contributed by atoms with Crippen molar-refractivity contribution >= 4 is 28.1 Å². The van der Waals surface area contributed by atoms with Crippen LogP contribution in [0.1, 0.15) is 19.1 Å². The summed E-state index contributed by atoms with van der Waals surface area (Å²) in [7, 11) is 3.94. The minimum Gasteiger partial charge on any atom is -0.462 e. The van der Waals surface area contributed by atoms with Crippen LogP contribution in [-0.2, 0) is 4.74 Å². The molecule has 4 rings (SSSR count). The van der Waals surface area contributed by atoms with Crippen LogP contribution >= 0.6 is 0 Å². The molecule has 0 spiro atoms. The zero-order chi connectivity index (χ0) is 19.7. The predicted molar refractivity (Wildman–Crippen MR) is 110 cm³/mol. The van der Waals surface area contributed by atoms with Crippen LogP contribution in [0.3, 0.4) is 0 Å². The molecular weight excluding hydrogens is 356 g/mol. The van der Waals surface area contributed by atoms with E-state index in [4.69, 9.17) is 18.9 Å². The summed E-state index contributed by atoms with van der Waals surface area (Å²) in [4.78, 5) is 19.3. The van der Waals surface area contributed by atoms with Crippen molar-refractivity contribution in [2.45, 2.75) is 19.6 Å². The lowest BCUT2D eigenvalue weighted by Gasteiger charge is -2.19. The number of hydrogen-bond donors (Lipinski definition) is 0. The number of ether oxygens (including phenoxy) is 2. The summed E-state index contributed by atoms with van der Waals surface area (Å²) < 4.78 is 17.8. The van der Waals surface area contributed by atoms with E-state index >= 15 is 0 Å². The van der Waals surface area contributed by atoms with Crippen LogP contribution in [0.4, 0.5) is 11.4 Å². The Morgan fingerprint density at radius 1 is 1.18 bits per heavy atom. The number of hydrogen-bond acceptors (Lipinski definition) is 6. The van der Waals surface area contributed by atoms with Gasteiger partial charge in [-0.1, -0.05) is 12.1 Å². The van der Waals surface area contributed by atoms with Crippen molar-refractivity contribution in [1.29, 1.82) is 0 Å². The fourth-order valence-corrected chi connectivity index (χ4v) is 3.18. The Morgan fingerprint density at radius 2 is 2.00 bits per heavy atom. The Balaban J connectivity index is 1.84. The van der Waals surface area contributed by atoms with E-state index in [0.29, 0.717) is 46.9 Å². The van der Waals surface area contributed by atoms with Crippen molar-refractivity contribution in [2.75, 3.05) is 25.6 Å². The topological polar surface area (TPSA) is 64.3 Å². The summed E-state index contributed by atoms with van der Waals surface area (Å²) >= 11 is 0. The summed E-state index contributed by atoms with van der Waals surface area (Å²) in [6.07, 6.45) is -0.139. The molecular formula is C22H22N2O4. The third-order valence-corrected chi connectivity index (χ3v) is 4.61. The summed E-state index contributed by atoms with van der Waals surface area (Å²) in [5.41, 5.74) is 2.75. The minimum absolute atomic E-state index is 0.0964. The van der Waals surface area contributed by atoms with Crippen LogP contribution < -0.4 is 15.1 Å². The van der Waals surface area contributed by atoms with Crippen LogP contribution in [0.2, 0.25) is 0 Å². The first kappa shape index (κ1) is 18.3. The van der Waals surface area contributed by atoms with Crippen LogP contribution in [0, 0.1) is 0 Å². The average Bonchev–Trinajstić information content (AvgIpc) is 2.86. The Morgan fingerprint density at radius 3 is 2.79 bits per heavy atom. The van der Waals surface area contributed by atoms with Crippen molar-refractivity contribution in [1.82, 2.24) is 0 Å². The molecule has 0 N–H and O–H groups in total. The van der Waals surface area contributed by atoms with Crippen LogP contribution in [-0.4, -0.2) is 32.7 Å². The molecule has 3 aromatic rings. The Kier molecular flexibility index (Phi) is 4.88. The van der Waals surface area contributed by atoms with Crippen molar-refractivity contribution < 1.29 is 13.9 Å². The van der Waals surface area contributed by atoms with Gasteiger partial charge >= 0.3 is 0 Å². The molecule has 1 aliphatic rings. The number of aliphatic imine (C=N–C) groups is 1. The van der Waals surface area contributed by atoms with Crippen molar-refractivity contribution in [3.63, 3.8) is 0 Å². The number of fused-ring (bicyclic) bond motifs is 2. The maximum absolute atomic E-state index is 12.5. The second-order valence-corrected chi connectivity index (χ2v) is 6.78. The summed E-state index contributed by atoms with van der Waals surface area (Å²) in [6.45, 7) is 2.42. The molecule has 2 heterocycles. The molecule has 1 aliphatic heterocycles. The molecule has 28 heavy (non-hydrogen) atoms. The average molecular weight is 378 g/mol. The molecule has 0 fully saturated rings. The van der Waals surface area contributed by atoms with E-state index in [0.717, 1.165) is 5.69 Å². The molecule has 0 aliphatic carbocycles. The van der Waals surface area contributed by atoms with E-state index in [9.17, 15) is 4.79 Å². The van der Waals surface area contributed by atoms with E-state index < -0.39 is 6.29 Å². The van der Waals surface area contributed by atoms with Crippen LogP contribution in [0.15, 0.2) is 62.7 Å². The normalized spacial score (nSPS) is 16.1. The SMILES string of the molecule is CCOC1CC(c2cc(=O)c3ccccc3o2)=Nc2ccc(N(C)C)cc2O1. The Labute approximate surface area is 163 Å². The van der Waals surface area contributed by atoms with Crippen molar-refractivity contribution in [2.24, 2.45) is 4.99 Å². The molecule has 6 nitrogen and oxygen atoms in total. The number of benzene rings is 2. The molecule has 0 radical (unpaired) electrons. The van der Waals surface area contributed by atoms with E-state index in [-0.39, 0.29) is 5.43 Å². The first-order valence-corrected chi connectivity index (χ1v) is 9.25. The van der Waals surface area contributed by atoms with Crippen LogP contribution in [0.25, 0.3) is 11.0 Å². The minimum atomic E-state index is -0.515. The first-order valence-electron chi connectivity index (χ1n) is 9.25. The molecule has 0 amide bonds. The highest BCUT2D eigenvalue weighted by atomic mass is 16.7. The van der Waals surface area contributed by atoms with Gasteiger partial charge in [0.1, 0.15) is 11.3 Å². The third-order valence-electron chi connectivity index (χ3n) is 4.61. The van der Waals surface area contributed by atoms with Gasteiger partial charge in [0, 0.05) is 38.5 Å². The second-order valence-electron chi connectivity index (χ2n) is 6.78. The van der Waals surface area contributed by atoms with Crippen LogP contribution in [0.5, 0.6) is 5.75 Å². The van der Waals surface area contributed by atoms with Gasteiger partial charge < -0.3 is 18.8 Å². The van der Waals surface area contributed by atoms with Gasteiger partial charge in [-0.3, -0.25) is 4.79 Å². The highest BCUT2D eigenvalue weighted by molar-refractivity contribution is 6.01. The fraction of sp³-hybridized carbons (Fsp3) is 0.273. The summed E-state index contributed by atoms with van der Waals surface area (Å²) in [5, 5.41) is 0.550. The van der Waals surface area contributed by atoms with Gasteiger partial charge in [0.05, 0.1) is 17.5 Å². The fourth-order valence-electron chi connectivity index (χ4n) is 3.18. The number of rotatable bonds is 4. The quantitative estimate of drug-likeness (QED) is 0.683. The lowest BCUT2D eigenvalue weighted by molar-refractivity contribution is -0.0683. The van der Waals surface area contributed by atoms with E-state index in [1.807, 2.05) is 56.3 Å². The van der Waals surface area contributed by atoms with Gasteiger partial charge in [0.25, 0.3) is 0 Å². The zero-order valence-corrected chi connectivity index (χ0v) is 16.1. The maximum atomic E-state index is 12.5. The second kappa shape index (κ2) is 7.48. The van der Waals surface area contributed by atoms with Gasteiger partial charge in [-0.15, -0.1) is 0 Å². The molecule has 1 unspecified atom stereocenters. The Hall–Kier alpha value is -3.12. The molecule has 2 aromatic carbocycles. The first-order chi connectivity index (χ1) is 13.5. The molecule has 6 heteroatoms. The standard InChI is InChI=1S/C22H22N2O4/c1-4-26-22-12-17(21-13-18(25)15-7-5-6-8-19(15)27-21)23-16-10-9-14(24(2)3)11-20(16)28-22/h5-11,13,22H,4,12H2,1-3H3. The lowest BCUT2D eigenvalue weighted by Crippen LogP contribution is -2.24. The number of nitrogens with zero attached hydrogens (tertiary/aromatic N) is 2. The largest absolute Gasteiger partial charge is 0.462 e. The summed E-state index contributed by atoms with van der Waals surface area (Å²) in [5.74, 6) is 1.07. The Bertz CT molecular complexity index is 1100. The van der Waals surface area contributed by atoms with E-state index in [2.05, 4.69) is 0 Å². The maximum Gasteiger partial charge on any atom is 0.205 e. The van der Waals surface area contributed by atoms with Gasteiger partial charge in [-0.25, -0.2) is 4.99 Å². The molecule has 0 saturated carbocycles. The van der Waals surface area contributed by atoms with Gasteiger partial charge in [-0.2, -0.15) is 0 Å². The monoisotopic (exact) mass is 378 g/mol. The molecule has 0 bridgehead atoms. The molecule has 0 saturated heterocycles. The smallest absolute Gasteiger partial charge is 0.205 e. The van der Waals surface area contributed by atoms with E-state index in [1.54, 1.807) is 12.1 Å². The van der Waals surface area contributed by atoms with Crippen molar-refractivity contribution in [3.05, 3.63) is 64.5 Å². The van der Waals surface area contributed by atoms with Crippen molar-refractivity contribution in [3.8, 4) is 5.75 Å². The third kappa shape index (κ3) is 3.51. The predicted octanol–water partition coefficient (Wildman–Crippen LogP) is 4.12. The highest BCUT2D eigenvalue weighted by Gasteiger charge is 2.24. The number of para-hydroxylation sites is 1. The van der Waals surface area contributed by atoms with Gasteiger partial charge in [0.2, 0.25) is 6.29 Å². The lowest BCUT2D eigenvalue weighted by atomic mass is 10.1. The number of anilines is 1. The highest BCUT2D eigenvalue weighted by Crippen LogP contribution is 2.36. The van der Waals surface area contributed by atoms with Gasteiger partial charge in [0.15, 0.2) is 16.9 Å².